The number of hydrogen-bond acceptors (Lipinski definition) is 4. The standard InChI is InChI=1S/C12H22N4/c1-5-7-9(3)16-12-10(4)11(13-6-2)14-8-15-12/h8-9H,5-7H2,1-4H3,(H2,13,14,15,16). The lowest BCUT2D eigenvalue weighted by Crippen LogP contribution is -2.17. The van der Waals surface area contributed by atoms with E-state index in [1.165, 1.54) is 6.42 Å². The Hall–Kier alpha value is -1.32. The van der Waals surface area contributed by atoms with Crippen LogP contribution in [0.1, 0.15) is 39.2 Å². The van der Waals surface area contributed by atoms with Crippen LogP contribution in [0, 0.1) is 6.92 Å². The smallest absolute Gasteiger partial charge is 0.134 e. The normalized spacial score (nSPS) is 12.2. The van der Waals surface area contributed by atoms with E-state index in [1.807, 2.05) is 6.92 Å². The fraction of sp³-hybridized carbons (Fsp3) is 0.667. The predicted molar refractivity (Wildman–Crippen MR) is 68.9 cm³/mol. The molecule has 4 heteroatoms. The zero-order chi connectivity index (χ0) is 12.0. The highest BCUT2D eigenvalue weighted by atomic mass is 15.1. The van der Waals surface area contributed by atoms with E-state index in [0.29, 0.717) is 6.04 Å². The summed E-state index contributed by atoms with van der Waals surface area (Å²) in [4.78, 5) is 8.50. The summed E-state index contributed by atoms with van der Waals surface area (Å²) < 4.78 is 0. The molecule has 0 radical (unpaired) electrons. The van der Waals surface area contributed by atoms with Crippen LogP contribution in [0.5, 0.6) is 0 Å². The van der Waals surface area contributed by atoms with Crippen LogP contribution < -0.4 is 10.6 Å². The van der Waals surface area contributed by atoms with Gasteiger partial charge in [0, 0.05) is 18.2 Å². The van der Waals surface area contributed by atoms with Crippen molar-refractivity contribution in [3.8, 4) is 0 Å². The predicted octanol–water partition coefficient (Wildman–Crippen LogP) is 2.82. The Labute approximate surface area is 97.9 Å². The second-order valence-electron chi connectivity index (χ2n) is 4.06. The fourth-order valence-electron chi connectivity index (χ4n) is 1.68. The molecule has 1 rings (SSSR count). The molecule has 0 bridgehead atoms. The molecule has 1 aromatic heterocycles. The molecule has 1 aromatic rings. The molecule has 1 atom stereocenters. The van der Waals surface area contributed by atoms with E-state index in [0.717, 1.165) is 30.2 Å². The van der Waals surface area contributed by atoms with Gasteiger partial charge in [0.05, 0.1) is 0 Å². The van der Waals surface area contributed by atoms with Gasteiger partial charge in [-0.05, 0) is 27.2 Å². The number of hydrogen-bond donors (Lipinski definition) is 2. The van der Waals surface area contributed by atoms with Crippen molar-refractivity contribution in [2.75, 3.05) is 17.2 Å². The Balaban J connectivity index is 2.76. The van der Waals surface area contributed by atoms with Crippen LogP contribution in [0.15, 0.2) is 6.33 Å². The molecule has 0 aliphatic rings. The minimum absolute atomic E-state index is 0.452. The fourth-order valence-corrected chi connectivity index (χ4v) is 1.68. The summed E-state index contributed by atoms with van der Waals surface area (Å²) in [5.41, 5.74) is 1.09. The van der Waals surface area contributed by atoms with Crippen LogP contribution in [0.4, 0.5) is 11.6 Å². The van der Waals surface area contributed by atoms with Crippen LogP contribution in [0.25, 0.3) is 0 Å². The van der Waals surface area contributed by atoms with Gasteiger partial charge in [0.2, 0.25) is 0 Å². The molecule has 0 spiro atoms. The Bertz CT molecular complexity index is 325. The zero-order valence-corrected chi connectivity index (χ0v) is 10.7. The summed E-state index contributed by atoms with van der Waals surface area (Å²) in [6, 6.07) is 0.452. The number of anilines is 2. The van der Waals surface area contributed by atoms with E-state index >= 15 is 0 Å². The van der Waals surface area contributed by atoms with E-state index in [1.54, 1.807) is 6.33 Å². The maximum Gasteiger partial charge on any atom is 0.134 e. The molecule has 0 saturated carbocycles. The molecule has 1 heterocycles. The SMILES string of the molecule is CCCC(C)Nc1ncnc(NCC)c1C. The summed E-state index contributed by atoms with van der Waals surface area (Å²) in [7, 11) is 0. The van der Waals surface area contributed by atoms with Crippen molar-refractivity contribution in [2.24, 2.45) is 0 Å². The first-order chi connectivity index (χ1) is 7.69. The zero-order valence-electron chi connectivity index (χ0n) is 10.7. The molecule has 2 N–H and O–H groups in total. The Kier molecular flexibility index (Phi) is 5.02. The first kappa shape index (κ1) is 12.7. The van der Waals surface area contributed by atoms with Crippen LogP contribution in [-0.2, 0) is 0 Å². The molecule has 1 unspecified atom stereocenters. The monoisotopic (exact) mass is 222 g/mol. The van der Waals surface area contributed by atoms with Gasteiger partial charge in [0.25, 0.3) is 0 Å². The van der Waals surface area contributed by atoms with Crippen LogP contribution in [0.3, 0.4) is 0 Å². The molecule has 0 saturated heterocycles. The molecule has 0 fully saturated rings. The van der Waals surface area contributed by atoms with Crippen molar-refractivity contribution >= 4 is 11.6 Å². The highest BCUT2D eigenvalue weighted by Gasteiger charge is 2.08. The van der Waals surface area contributed by atoms with Gasteiger partial charge in [-0.15, -0.1) is 0 Å². The second-order valence-corrected chi connectivity index (χ2v) is 4.06. The van der Waals surface area contributed by atoms with E-state index in [4.69, 9.17) is 0 Å². The Morgan fingerprint density at radius 3 is 2.56 bits per heavy atom. The molecule has 0 aliphatic carbocycles. The van der Waals surface area contributed by atoms with Gasteiger partial charge in [0.1, 0.15) is 18.0 Å². The van der Waals surface area contributed by atoms with Crippen molar-refractivity contribution in [1.82, 2.24) is 9.97 Å². The molecule has 0 aromatic carbocycles. The average Bonchev–Trinajstić information content (AvgIpc) is 2.24. The summed E-state index contributed by atoms with van der Waals surface area (Å²) >= 11 is 0. The number of nitrogens with zero attached hydrogens (tertiary/aromatic N) is 2. The minimum atomic E-state index is 0.452. The van der Waals surface area contributed by atoms with E-state index in [-0.39, 0.29) is 0 Å². The van der Waals surface area contributed by atoms with Gasteiger partial charge >= 0.3 is 0 Å². The molecular weight excluding hydrogens is 200 g/mol. The van der Waals surface area contributed by atoms with Gasteiger partial charge < -0.3 is 10.6 Å². The first-order valence-corrected chi connectivity index (χ1v) is 6.01. The van der Waals surface area contributed by atoms with Crippen molar-refractivity contribution in [2.45, 2.75) is 46.6 Å². The van der Waals surface area contributed by atoms with Crippen molar-refractivity contribution in [1.29, 1.82) is 0 Å². The van der Waals surface area contributed by atoms with Crippen LogP contribution >= 0.6 is 0 Å². The Morgan fingerprint density at radius 1 is 1.25 bits per heavy atom. The number of aromatic nitrogens is 2. The molecule has 0 amide bonds. The van der Waals surface area contributed by atoms with Crippen LogP contribution in [0.2, 0.25) is 0 Å². The number of rotatable bonds is 6. The van der Waals surface area contributed by atoms with Gasteiger partial charge in [-0.1, -0.05) is 13.3 Å². The van der Waals surface area contributed by atoms with Crippen molar-refractivity contribution < 1.29 is 0 Å². The van der Waals surface area contributed by atoms with Gasteiger partial charge in [-0.25, -0.2) is 9.97 Å². The third kappa shape index (κ3) is 3.36. The van der Waals surface area contributed by atoms with E-state index in [9.17, 15) is 0 Å². The van der Waals surface area contributed by atoms with Gasteiger partial charge in [0.15, 0.2) is 0 Å². The highest BCUT2D eigenvalue weighted by molar-refractivity contribution is 5.56. The van der Waals surface area contributed by atoms with E-state index in [2.05, 4.69) is 41.4 Å². The quantitative estimate of drug-likeness (QED) is 0.777. The van der Waals surface area contributed by atoms with Crippen molar-refractivity contribution in [3.63, 3.8) is 0 Å². The third-order valence-electron chi connectivity index (χ3n) is 2.53. The summed E-state index contributed by atoms with van der Waals surface area (Å²) in [5, 5.41) is 6.65. The number of nitrogens with one attached hydrogen (secondary N) is 2. The lowest BCUT2D eigenvalue weighted by atomic mass is 10.2. The lowest BCUT2D eigenvalue weighted by molar-refractivity contribution is 0.686. The molecule has 4 nitrogen and oxygen atoms in total. The van der Waals surface area contributed by atoms with Gasteiger partial charge in [-0.3, -0.25) is 0 Å². The van der Waals surface area contributed by atoms with Gasteiger partial charge in [-0.2, -0.15) is 0 Å². The minimum Gasteiger partial charge on any atom is -0.370 e. The maximum atomic E-state index is 4.28. The Morgan fingerprint density at radius 2 is 1.94 bits per heavy atom. The van der Waals surface area contributed by atoms with Crippen LogP contribution in [-0.4, -0.2) is 22.6 Å². The molecule has 90 valence electrons. The average molecular weight is 222 g/mol. The van der Waals surface area contributed by atoms with E-state index < -0.39 is 0 Å². The summed E-state index contributed by atoms with van der Waals surface area (Å²) in [5.74, 6) is 1.86. The second kappa shape index (κ2) is 6.30. The highest BCUT2D eigenvalue weighted by Crippen LogP contribution is 2.19. The lowest BCUT2D eigenvalue weighted by Gasteiger charge is -2.16. The van der Waals surface area contributed by atoms with Crippen molar-refractivity contribution in [3.05, 3.63) is 11.9 Å². The largest absolute Gasteiger partial charge is 0.370 e. The molecule has 0 aliphatic heterocycles. The topological polar surface area (TPSA) is 49.8 Å². The summed E-state index contributed by atoms with van der Waals surface area (Å²) in [6.07, 6.45) is 3.93. The maximum absolute atomic E-state index is 4.28. The summed E-state index contributed by atoms with van der Waals surface area (Å²) in [6.45, 7) is 9.35. The third-order valence-corrected chi connectivity index (χ3v) is 2.53. The molecular formula is C12H22N4. The first-order valence-electron chi connectivity index (χ1n) is 6.01. The molecule has 16 heavy (non-hydrogen) atoms.